The molecule has 1 atom stereocenters. The molecule has 1 saturated heterocycles. The van der Waals surface area contributed by atoms with E-state index >= 15 is 0 Å². The second-order valence-corrected chi connectivity index (χ2v) is 6.67. The van der Waals surface area contributed by atoms with Crippen molar-refractivity contribution in [3.8, 4) is 0 Å². The van der Waals surface area contributed by atoms with E-state index in [-0.39, 0.29) is 6.54 Å². The number of ether oxygens (including phenoxy) is 1. The van der Waals surface area contributed by atoms with E-state index in [9.17, 15) is 14.7 Å². The average molecular weight is 286 g/mol. The molecule has 116 valence electrons. The van der Waals surface area contributed by atoms with Gasteiger partial charge in [0.15, 0.2) is 0 Å². The highest BCUT2D eigenvalue weighted by molar-refractivity contribution is 5.76. The summed E-state index contributed by atoms with van der Waals surface area (Å²) in [5.74, 6) is -0.496. The highest BCUT2D eigenvalue weighted by Crippen LogP contribution is 2.16. The number of carbonyl (C=O) groups is 2. The molecule has 0 aromatic rings. The molecule has 0 spiro atoms. The van der Waals surface area contributed by atoms with Crippen LogP contribution in [0.1, 0.15) is 34.6 Å². The van der Waals surface area contributed by atoms with Crippen molar-refractivity contribution in [2.24, 2.45) is 5.92 Å². The van der Waals surface area contributed by atoms with E-state index in [2.05, 4.69) is 13.8 Å². The zero-order valence-corrected chi connectivity index (χ0v) is 13.0. The van der Waals surface area contributed by atoms with E-state index in [4.69, 9.17) is 4.74 Å². The Labute approximate surface area is 120 Å². The van der Waals surface area contributed by atoms with Gasteiger partial charge in [0.25, 0.3) is 0 Å². The predicted octanol–water partition coefficient (Wildman–Crippen LogP) is 1.65. The summed E-state index contributed by atoms with van der Waals surface area (Å²) in [7, 11) is 0. The van der Waals surface area contributed by atoms with Gasteiger partial charge >= 0.3 is 12.1 Å². The number of hydrogen-bond acceptors (Lipinski definition) is 4. The Hall–Kier alpha value is -1.30. The number of aliphatic carboxylic acids is 1. The molecule has 0 aromatic heterocycles. The Morgan fingerprint density at radius 2 is 1.90 bits per heavy atom. The van der Waals surface area contributed by atoms with E-state index < -0.39 is 23.7 Å². The number of amides is 1. The van der Waals surface area contributed by atoms with Gasteiger partial charge in [0.05, 0.1) is 6.54 Å². The number of carbonyl (C=O) groups excluding carboxylic acids is 1. The Morgan fingerprint density at radius 1 is 1.30 bits per heavy atom. The summed E-state index contributed by atoms with van der Waals surface area (Å²) >= 11 is 0. The van der Waals surface area contributed by atoms with Crippen molar-refractivity contribution in [3.63, 3.8) is 0 Å². The second-order valence-electron chi connectivity index (χ2n) is 6.67. The van der Waals surface area contributed by atoms with Crippen molar-refractivity contribution in [2.45, 2.75) is 46.3 Å². The number of carboxylic acids is 1. The van der Waals surface area contributed by atoms with Crippen LogP contribution in [0.3, 0.4) is 0 Å². The monoisotopic (exact) mass is 286 g/mol. The smallest absolute Gasteiger partial charge is 0.410 e. The van der Waals surface area contributed by atoms with Crippen LogP contribution in [0.25, 0.3) is 0 Å². The Bertz CT molecular complexity index is 363. The maximum absolute atomic E-state index is 12.0. The minimum absolute atomic E-state index is 0.178. The predicted molar refractivity (Wildman–Crippen MR) is 75.6 cm³/mol. The van der Waals surface area contributed by atoms with Gasteiger partial charge in [0, 0.05) is 19.6 Å². The lowest BCUT2D eigenvalue weighted by Gasteiger charge is -2.40. The van der Waals surface area contributed by atoms with Gasteiger partial charge in [0.1, 0.15) is 11.6 Å². The molecule has 6 nitrogen and oxygen atoms in total. The van der Waals surface area contributed by atoms with Gasteiger partial charge in [-0.15, -0.1) is 0 Å². The molecule has 1 aliphatic heterocycles. The van der Waals surface area contributed by atoms with Gasteiger partial charge in [-0.25, -0.2) is 4.79 Å². The first-order chi connectivity index (χ1) is 9.10. The number of piperazine rings is 1. The topological polar surface area (TPSA) is 70.1 Å². The lowest BCUT2D eigenvalue weighted by atomic mass is 10.1. The molecular weight excluding hydrogens is 260 g/mol. The van der Waals surface area contributed by atoms with Gasteiger partial charge in [-0.2, -0.15) is 0 Å². The molecule has 0 aromatic carbocycles. The molecule has 1 amide bonds. The molecule has 1 N–H and O–H groups in total. The zero-order valence-electron chi connectivity index (χ0n) is 13.0. The fourth-order valence-electron chi connectivity index (χ4n) is 2.23. The largest absolute Gasteiger partial charge is 0.480 e. The van der Waals surface area contributed by atoms with Crippen LogP contribution in [0.2, 0.25) is 0 Å². The fraction of sp³-hybridized carbons (Fsp3) is 0.857. The molecule has 0 saturated carbocycles. The van der Waals surface area contributed by atoms with Crippen molar-refractivity contribution in [1.82, 2.24) is 9.80 Å². The van der Waals surface area contributed by atoms with E-state index in [1.54, 1.807) is 20.8 Å². The Balaban J connectivity index is 2.68. The van der Waals surface area contributed by atoms with Crippen LogP contribution < -0.4 is 0 Å². The first kappa shape index (κ1) is 16.8. The minimum atomic E-state index is -0.890. The summed E-state index contributed by atoms with van der Waals surface area (Å²) in [6.07, 6.45) is -0.437. The van der Waals surface area contributed by atoms with Gasteiger partial charge < -0.3 is 14.7 Å². The summed E-state index contributed by atoms with van der Waals surface area (Å²) in [5, 5.41) is 9.33. The number of hydrogen-bond donors (Lipinski definition) is 1. The van der Waals surface area contributed by atoms with Crippen LogP contribution in [0.5, 0.6) is 0 Å². The Morgan fingerprint density at radius 3 is 2.35 bits per heavy atom. The van der Waals surface area contributed by atoms with E-state index in [0.29, 0.717) is 19.0 Å². The van der Waals surface area contributed by atoms with Gasteiger partial charge in [0.2, 0.25) is 0 Å². The highest BCUT2D eigenvalue weighted by Gasteiger charge is 2.35. The van der Waals surface area contributed by atoms with Gasteiger partial charge in [-0.1, -0.05) is 13.8 Å². The van der Waals surface area contributed by atoms with E-state index in [0.717, 1.165) is 6.54 Å². The molecule has 0 aliphatic carbocycles. The molecular formula is C14H26N2O4. The second kappa shape index (κ2) is 6.43. The quantitative estimate of drug-likeness (QED) is 0.854. The maximum atomic E-state index is 12.0. The highest BCUT2D eigenvalue weighted by atomic mass is 16.6. The minimum Gasteiger partial charge on any atom is -0.480 e. The van der Waals surface area contributed by atoms with Gasteiger partial charge in [-0.05, 0) is 26.7 Å². The van der Waals surface area contributed by atoms with Crippen molar-refractivity contribution in [2.75, 3.05) is 26.2 Å². The SMILES string of the molecule is CC(C)CN1CCN(C(=O)OC(C)(C)C)C[C@H]1C(=O)O. The summed E-state index contributed by atoms with van der Waals surface area (Å²) < 4.78 is 5.30. The van der Waals surface area contributed by atoms with Gasteiger partial charge in [-0.3, -0.25) is 9.69 Å². The van der Waals surface area contributed by atoms with Crippen LogP contribution in [-0.2, 0) is 9.53 Å². The Kier molecular flexibility index (Phi) is 5.39. The molecule has 1 aliphatic rings. The molecule has 20 heavy (non-hydrogen) atoms. The first-order valence-electron chi connectivity index (χ1n) is 7.05. The third-order valence-corrected chi connectivity index (χ3v) is 3.03. The molecule has 0 unspecified atom stereocenters. The summed E-state index contributed by atoms with van der Waals surface area (Å²) in [4.78, 5) is 26.8. The van der Waals surface area contributed by atoms with Crippen LogP contribution in [-0.4, -0.2) is 64.8 Å². The fourth-order valence-corrected chi connectivity index (χ4v) is 2.23. The molecule has 0 radical (unpaired) electrons. The molecule has 1 fully saturated rings. The van der Waals surface area contributed by atoms with Crippen LogP contribution >= 0.6 is 0 Å². The lowest BCUT2D eigenvalue weighted by molar-refractivity contribution is -0.145. The molecule has 1 heterocycles. The zero-order chi connectivity index (χ0) is 15.5. The molecule has 6 heteroatoms. The van der Waals surface area contributed by atoms with Crippen LogP contribution in [0.15, 0.2) is 0 Å². The van der Waals surface area contributed by atoms with Crippen molar-refractivity contribution >= 4 is 12.1 Å². The third-order valence-electron chi connectivity index (χ3n) is 3.03. The third kappa shape index (κ3) is 5.00. The molecule has 0 bridgehead atoms. The normalized spacial score (nSPS) is 21.1. The van der Waals surface area contributed by atoms with Crippen molar-refractivity contribution in [1.29, 1.82) is 0 Å². The van der Waals surface area contributed by atoms with Crippen molar-refractivity contribution in [3.05, 3.63) is 0 Å². The van der Waals surface area contributed by atoms with E-state index in [1.165, 1.54) is 4.90 Å². The standard InChI is InChI=1S/C14H26N2O4/c1-10(2)8-15-6-7-16(9-11(15)12(17)18)13(19)20-14(3,4)5/h10-11H,6-9H2,1-5H3,(H,17,18)/t11-/m0/s1. The number of rotatable bonds is 3. The summed E-state index contributed by atoms with van der Waals surface area (Å²) in [6.45, 7) is 11.5. The lowest BCUT2D eigenvalue weighted by Crippen LogP contribution is -2.58. The first-order valence-corrected chi connectivity index (χ1v) is 7.05. The van der Waals surface area contributed by atoms with E-state index in [1.807, 2.05) is 4.90 Å². The number of carboxylic acid groups (broad SMARTS) is 1. The number of nitrogens with zero attached hydrogens (tertiary/aromatic N) is 2. The van der Waals surface area contributed by atoms with Crippen molar-refractivity contribution < 1.29 is 19.4 Å². The average Bonchev–Trinajstić information content (AvgIpc) is 2.25. The summed E-state index contributed by atoms with van der Waals surface area (Å²) in [6, 6.07) is -0.654. The van der Waals surface area contributed by atoms with Crippen LogP contribution in [0, 0.1) is 5.92 Å². The maximum Gasteiger partial charge on any atom is 0.410 e. The molecule has 1 rings (SSSR count). The summed E-state index contributed by atoms with van der Waals surface area (Å²) in [5.41, 5.74) is -0.565. The van der Waals surface area contributed by atoms with Crippen LogP contribution in [0.4, 0.5) is 4.79 Å².